The number of hydrogen-bond donors (Lipinski definition) is 0. The minimum absolute atomic E-state index is 0.604. The summed E-state index contributed by atoms with van der Waals surface area (Å²) >= 11 is 1.89. The van der Waals surface area contributed by atoms with Crippen LogP contribution in [0.3, 0.4) is 0 Å². The van der Waals surface area contributed by atoms with Crippen molar-refractivity contribution >= 4 is 18.0 Å². The Morgan fingerprint density at radius 3 is 2.46 bits per heavy atom. The molecule has 0 aliphatic carbocycles. The van der Waals surface area contributed by atoms with E-state index in [1.807, 2.05) is 30.8 Å². The Labute approximate surface area is 163 Å². The van der Waals surface area contributed by atoms with Crippen molar-refractivity contribution in [2.45, 2.75) is 46.5 Å². The lowest BCUT2D eigenvalue weighted by Gasteiger charge is -2.14. The van der Waals surface area contributed by atoms with Gasteiger partial charge in [0.15, 0.2) is 0 Å². The van der Waals surface area contributed by atoms with E-state index in [0.717, 1.165) is 41.4 Å². The molecule has 1 aromatic carbocycles. The second-order valence-corrected chi connectivity index (χ2v) is 7.22. The zero-order valence-electron chi connectivity index (χ0n) is 16.6. The summed E-state index contributed by atoms with van der Waals surface area (Å²) in [6.07, 6.45) is 10.6. The maximum absolute atomic E-state index is 6.01. The molecule has 0 saturated heterocycles. The molecule has 0 heterocycles. The Hall–Kier alpha value is -1.62. The van der Waals surface area contributed by atoms with E-state index >= 15 is 0 Å². The molecule has 5 heteroatoms. The van der Waals surface area contributed by atoms with Crippen LogP contribution in [0, 0.1) is 13.8 Å². The van der Waals surface area contributed by atoms with Crippen molar-refractivity contribution in [3.63, 3.8) is 0 Å². The van der Waals surface area contributed by atoms with Gasteiger partial charge in [-0.1, -0.05) is 30.1 Å². The van der Waals surface area contributed by atoms with E-state index in [1.165, 1.54) is 25.0 Å². The Balaban J connectivity index is 2.19. The minimum Gasteiger partial charge on any atom is -0.493 e. The predicted octanol–water partition coefficient (Wildman–Crippen LogP) is 5.56. The Bertz CT molecular complexity index is 535. The van der Waals surface area contributed by atoms with Gasteiger partial charge in [0, 0.05) is 5.75 Å². The predicted molar refractivity (Wildman–Crippen MR) is 113 cm³/mol. The van der Waals surface area contributed by atoms with Gasteiger partial charge >= 0.3 is 0 Å². The normalized spacial score (nSPS) is 11.4. The Morgan fingerprint density at radius 2 is 1.77 bits per heavy atom. The number of hydrogen-bond acceptors (Lipinski definition) is 5. The minimum atomic E-state index is 0.604. The molecule has 1 aromatic rings. The summed E-state index contributed by atoms with van der Waals surface area (Å²) in [6.45, 7) is 7.53. The lowest BCUT2D eigenvalue weighted by molar-refractivity contribution is 0.215. The van der Waals surface area contributed by atoms with Gasteiger partial charge in [-0.25, -0.2) is 0 Å². The van der Waals surface area contributed by atoms with Crippen LogP contribution in [0.4, 0.5) is 0 Å². The van der Waals surface area contributed by atoms with Crippen molar-refractivity contribution in [1.82, 2.24) is 0 Å². The topological polar surface area (TPSA) is 40.0 Å². The molecule has 0 N–H and O–H groups in total. The molecule has 0 fully saturated rings. The molecule has 0 atom stereocenters. The number of ether oxygens (including phenoxy) is 2. The van der Waals surface area contributed by atoms with Gasteiger partial charge in [-0.05, 0) is 62.6 Å². The first-order valence-electron chi connectivity index (χ1n) is 9.29. The van der Waals surface area contributed by atoms with E-state index in [2.05, 4.69) is 36.0 Å². The molecular weight excluding hydrogens is 346 g/mol. The number of unbranched alkanes of at least 4 members (excludes halogenated alkanes) is 3. The van der Waals surface area contributed by atoms with Gasteiger partial charge in [0.2, 0.25) is 0 Å². The van der Waals surface area contributed by atoms with Crippen LogP contribution in [-0.4, -0.2) is 38.0 Å². The van der Waals surface area contributed by atoms with E-state index in [0.29, 0.717) is 6.61 Å². The number of thioether (sulfide) groups is 1. The van der Waals surface area contributed by atoms with Gasteiger partial charge in [-0.2, -0.15) is 11.8 Å². The van der Waals surface area contributed by atoms with Gasteiger partial charge in [0.25, 0.3) is 0 Å². The number of allylic oxidation sites excluding steroid dienone is 1. The van der Waals surface area contributed by atoms with Crippen LogP contribution in [0.2, 0.25) is 0 Å². The van der Waals surface area contributed by atoms with Crippen molar-refractivity contribution in [3.8, 4) is 11.5 Å². The average Bonchev–Trinajstić information content (AvgIpc) is 2.62. The SMILES string of the molecule is C/C=C/COc1cc(C)c(OCCCCCCSC/C=N/OC)c(C)c1. The van der Waals surface area contributed by atoms with Gasteiger partial charge < -0.3 is 14.3 Å². The molecule has 0 bridgehead atoms. The molecule has 1 rings (SSSR count). The Kier molecular flexibility index (Phi) is 12.5. The van der Waals surface area contributed by atoms with E-state index < -0.39 is 0 Å². The number of aryl methyl sites for hydroxylation is 2. The molecule has 0 radical (unpaired) electrons. The van der Waals surface area contributed by atoms with Gasteiger partial charge in [0.05, 0.1) is 12.8 Å². The molecule has 0 spiro atoms. The molecule has 146 valence electrons. The second-order valence-electron chi connectivity index (χ2n) is 6.07. The summed E-state index contributed by atoms with van der Waals surface area (Å²) < 4.78 is 11.7. The average molecular weight is 380 g/mol. The smallest absolute Gasteiger partial charge is 0.125 e. The van der Waals surface area contributed by atoms with Gasteiger partial charge in [-0.15, -0.1) is 0 Å². The molecule has 0 aliphatic heterocycles. The highest BCUT2D eigenvalue weighted by Gasteiger charge is 2.07. The second kappa shape index (κ2) is 14.5. The third-order valence-corrected chi connectivity index (χ3v) is 4.78. The highest BCUT2D eigenvalue weighted by atomic mass is 32.2. The zero-order valence-corrected chi connectivity index (χ0v) is 17.4. The first-order valence-corrected chi connectivity index (χ1v) is 10.4. The molecule has 0 aromatic heterocycles. The van der Waals surface area contributed by atoms with Crippen LogP contribution in [0.25, 0.3) is 0 Å². The number of nitrogens with zero attached hydrogens (tertiary/aromatic N) is 1. The first kappa shape index (κ1) is 22.4. The maximum Gasteiger partial charge on any atom is 0.125 e. The van der Waals surface area contributed by atoms with Crippen molar-refractivity contribution in [2.24, 2.45) is 5.16 Å². The van der Waals surface area contributed by atoms with Gasteiger partial charge in [0.1, 0.15) is 25.2 Å². The van der Waals surface area contributed by atoms with Crippen molar-refractivity contribution in [3.05, 3.63) is 35.4 Å². The van der Waals surface area contributed by atoms with Crippen LogP contribution in [-0.2, 0) is 4.84 Å². The van der Waals surface area contributed by atoms with Crippen molar-refractivity contribution in [1.29, 1.82) is 0 Å². The van der Waals surface area contributed by atoms with Crippen molar-refractivity contribution < 1.29 is 14.3 Å². The summed E-state index contributed by atoms with van der Waals surface area (Å²) in [7, 11) is 1.57. The first-order chi connectivity index (χ1) is 12.7. The summed E-state index contributed by atoms with van der Waals surface area (Å²) in [5, 5.41) is 3.72. The van der Waals surface area contributed by atoms with Crippen LogP contribution in [0.1, 0.15) is 43.7 Å². The fourth-order valence-corrected chi connectivity index (χ4v) is 3.28. The summed E-state index contributed by atoms with van der Waals surface area (Å²) in [4.78, 5) is 4.63. The van der Waals surface area contributed by atoms with Gasteiger partial charge in [-0.3, -0.25) is 0 Å². The largest absolute Gasteiger partial charge is 0.493 e. The van der Waals surface area contributed by atoms with Crippen LogP contribution in [0.15, 0.2) is 29.4 Å². The molecular formula is C21H33NO3S. The fourth-order valence-electron chi connectivity index (χ4n) is 2.54. The summed E-state index contributed by atoms with van der Waals surface area (Å²) in [5.41, 5.74) is 2.27. The number of oxime groups is 1. The lowest BCUT2D eigenvalue weighted by atomic mass is 10.1. The van der Waals surface area contributed by atoms with Crippen LogP contribution < -0.4 is 9.47 Å². The van der Waals surface area contributed by atoms with Crippen LogP contribution >= 0.6 is 11.8 Å². The van der Waals surface area contributed by atoms with E-state index in [9.17, 15) is 0 Å². The number of benzene rings is 1. The van der Waals surface area contributed by atoms with Crippen molar-refractivity contribution in [2.75, 3.05) is 31.8 Å². The summed E-state index contributed by atoms with van der Waals surface area (Å²) in [5.74, 6) is 3.99. The Morgan fingerprint density at radius 1 is 1.04 bits per heavy atom. The monoisotopic (exact) mass is 379 g/mol. The van der Waals surface area contributed by atoms with E-state index in [4.69, 9.17) is 9.47 Å². The summed E-state index contributed by atoms with van der Waals surface area (Å²) in [6, 6.07) is 4.10. The third kappa shape index (κ3) is 9.76. The van der Waals surface area contributed by atoms with Crippen LogP contribution in [0.5, 0.6) is 11.5 Å². The molecule has 0 aliphatic rings. The highest BCUT2D eigenvalue weighted by Crippen LogP contribution is 2.28. The lowest BCUT2D eigenvalue weighted by Crippen LogP contribution is -2.02. The third-order valence-electron chi connectivity index (χ3n) is 3.82. The zero-order chi connectivity index (χ0) is 19.0. The standard InChI is InChI=1S/C21H33NO3S/c1-5-6-12-24-20-16-18(2)21(19(3)17-20)25-13-9-7-8-10-14-26-15-11-22-23-4/h5-6,11,16-17H,7-10,12-15H2,1-4H3/b6-5+,22-11+. The quantitative estimate of drug-likeness (QED) is 0.183. The number of rotatable bonds is 14. The highest BCUT2D eigenvalue weighted by molar-refractivity contribution is 7.99. The molecule has 4 nitrogen and oxygen atoms in total. The fraction of sp³-hybridized carbons (Fsp3) is 0.571. The maximum atomic E-state index is 6.01. The van der Waals surface area contributed by atoms with E-state index in [1.54, 1.807) is 13.3 Å². The molecule has 0 amide bonds. The molecule has 0 saturated carbocycles. The molecule has 0 unspecified atom stereocenters. The van der Waals surface area contributed by atoms with E-state index in [-0.39, 0.29) is 0 Å². The molecule has 26 heavy (non-hydrogen) atoms.